The summed E-state index contributed by atoms with van der Waals surface area (Å²) in [5.74, 6) is 1.11. The highest BCUT2D eigenvalue weighted by Crippen LogP contribution is 2.28. The first-order chi connectivity index (χ1) is 7.69. The summed E-state index contributed by atoms with van der Waals surface area (Å²) in [5, 5.41) is 0. The van der Waals surface area contributed by atoms with Crippen LogP contribution in [0.1, 0.15) is 19.4 Å². The van der Waals surface area contributed by atoms with Crippen molar-refractivity contribution >= 4 is 17.4 Å². The Balaban J connectivity index is 2.48. The molecule has 2 N–H and O–H groups in total. The van der Waals surface area contributed by atoms with E-state index in [-0.39, 0.29) is 0 Å². The van der Waals surface area contributed by atoms with Gasteiger partial charge >= 0.3 is 0 Å². The van der Waals surface area contributed by atoms with Crippen molar-refractivity contribution in [2.24, 2.45) is 0 Å². The van der Waals surface area contributed by atoms with Gasteiger partial charge in [-0.3, -0.25) is 0 Å². The number of rotatable bonds is 6. The molecular formula is C13H22N2S. The van der Waals surface area contributed by atoms with Gasteiger partial charge in [0, 0.05) is 22.9 Å². The molecular weight excluding hydrogens is 216 g/mol. The molecule has 0 aliphatic carbocycles. The number of hydrogen-bond donors (Lipinski definition) is 1. The monoisotopic (exact) mass is 238 g/mol. The minimum Gasteiger partial charge on any atom is -0.398 e. The Hall–Kier alpha value is -0.670. The van der Waals surface area contributed by atoms with E-state index in [1.54, 1.807) is 0 Å². The van der Waals surface area contributed by atoms with Crippen LogP contribution in [0.25, 0.3) is 0 Å². The second-order valence-corrected chi connectivity index (χ2v) is 4.97. The Morgan fingerprint density at radius 3 is 2.50 bits per heavy atom. The lowest BCUT2D eigenvalue weighted by molar-refractivity contribution is 0.324. The molecule has 1 aromatic rings. The molecule has 0 aliphatic heterocycles. The van der Waals surface area contributed by atoms with Gasteiger partial charge < -0.3 is 10.6 Å². The van der Waals surface area contributed by atoms with Crippen molar-refractivity contribution in [3.05, 3.63) is 23.8 Å². The maximum absolute atomic E-state index is 5.97. The third-order valence-electron chi connectivity index (χ3n) is 2.79. The first-order valence-corrected chi connectivity index (χ1v) is 6.87. The van der Waals surface area contributed by atoms with E-state index in [0.29, 0.717) is 0 Å². The maximum atomic E-state index is 5.97. The quantitative estimate of drug-likeness (QED) is 0.610. The zero-order valence-corrected chi connectivity index (χ0v) is 11.3. The van der Waals surface area contributed by atoms with Crippen molar-refractivity contribution in [2.45, 2.75) is 25.7 Å². The lowest BCUT2D eigenvalue weighted by Gasteiger charge is -2.18. The summed E-state index contributed by atoms with van der Waals surface area (Å²) in [5.41, 5.74) is 8.16. The standard InChI is InChI=1S/C13H22N2S/c1-4-15(5-2)9-10-16-13-11(3)7-6-8-12(13)14/h6-8H,4-5,9-10,14H2,1-3H3. The molecule has 0 spiro atoms. The summed E-state index contributed by atoms with van der Waals surface area (Å²) in [6.45, 7) is 9.91. The van der Waals surface area contributed by atoms with Gasteiger partial charge in [-0.25, -0.2) is 0 Å². The van der Waals surface area contributed by atoms with E-state index in [2.05, 4.69) is 31.7 Å². The fourth-order valence-electron chi connectivity index (χ4n) is 1.69. The van der Waals surface area contributed by atoms with Crippen molar-refractivity contribution in [1.82, 2.24) is 4.90 Å². The van der Waals surface area contributed by atoms with Crippen LogP contribution in [-0.2, 0) is 0 Å². The summed E-state index contributed by atoms with van der Waals surface area (Å²) in [4.78, 5) is 3.68. The number of thioether (sulfide) groups is 1. The van der Waals surface area contributed by atoms with Gasteiger partial charge in [0.15, 0.2) is 0 Å². The minimum atomic E-state index is 0.907. The van der Waals surface area contributed by atoms with Gasteiger partial charge in [-0.1, -0.05) is 26.0 Å². The van der Waals surface area contributed by atoms with Gasteiger partial charge in [0.25, 0.3) is 0 Å². The molecule has 0 bridgehead atoms. The second-order valence-electron chi connectivity index (χ2n) is 3.87. The summed E-state index contributed by atoms with van der Waals surface area (Å²) in [6, 6.07) is 6.11. The molecule has 0 radical (unpaired) electrons. The fourth-order valence-corrected chi connectivity index (χ4v) is 2.77. The molecule has 90 valence electrons. The summed E-state index contributed by atoms with van der Waals surface area (Å²) < 4.78 is 0. The van der Waals surface area contributed by atoms with Crippen LogP contribution in [0.15, 0.2) is 23.1 Å². The summed E-state index contributed by atoms with van der Waals surface area (Å²) in [7, 11) is 0. The van der Waals surface area contributed by atoms with E-state index in [4.69, 9.17) is 5.73 Å². The predicted octanol–water partition coefficient (Wildman–Crippen LogP) is 3.01. The molecule has 0 heterocycles. The van der Waals surface area contributed by atoms with Crippen LogP contribution in [0, 0.1) is 6.92 Å². The molecule has 3 heteroatoms. The first-order valence-electron chi connectivity index (χ1n) is 5.89. The Kier molecular flexibility index (Phi) is 5.71. The van der Waals surface area contributed by atoms with Crippen molar-refractivity contribution in [3.63, 3.8) is 0 Å². The summed E-state index contributed by atoms with van der Waals surface area (Å²) in [6.07, 6.45) is 0. The molecule has 0 saturated heterocycles. The van der Waals surface area contributed by atoms with E-state index >= 15 is 0 Å². The Labute approximate surface area is 103 Å². The van der Waals surface area contributed by atoms with Crippen LogP contribution in [0.3, 0.4) is 0 Å². The van der Waals surface area contributed by atoms with E-state index in [0.717, 1.165) is 31.1 Å². The molecule has 0 aromatic heterocycles. The SMILES string of the molecule is CCN(CC)CCSc1c(C)cccc1N. The molecule has 0 atom stereocenters. The topological polar surface area (TPSA) is 29.3 Å². The van der Waals surface area contributed by atoms with Crippen molar-refractivity contribution in [3.8, 4) is 0 Å². The number of hydrogen-bond acceptors (Lipinski definition) is 3. The molecule has 2 nitrogen and oxygen atoms in total. The van der Waals surface area contributed by atoms with Gasteiger partial charge in [0.2, 0.25) is 0 Å². The number of nitrogens with two attached hydrogens (primary N) is 1. The number of anilines is 1. The molecule has 0 saturated carbocycles. The number of aryl methyl sites for hydroxylation is 1. The van der Waals surface area contributed by atoms with Gasteiger partial charge in [-0.2, -0.15) is 0 Å². The lowest BCUT2D eigenvalue weighted by atomic mass is 10.2. The van der Waals surface area contributed by atoms with Crippen LogP contribution < -0.4 is 5.73 Å². The molecule has 0 amide bonds. The molecule has 1 rings (SSSR count). The van der Waals surface area contributed by atoms with Crippen molar-refractivity contribution in [1.29, 1.82) is 0 Å². The fraction of sp³-hybridized carbons (Fsp3) is 0.538. The molecule has 0 aliphatic rings. The zero-order valence-electron chi connectivity index (χ0n) is 10.5. The van der Waals surface area contributed by atoms with Crippen LogP contribution in [0.2, 0.25) is 0 Å². The number of nitrogens with zero attached hydrogens (tertiary/aromatic N) is 1. The van der Waals surface area contributed by atoms with Gasteiger partial charge in [0.05, 0.1) is 0 Å². The number of benzene rings is 1. The van der Waals surface area contributed by atoms with E-state index in [1.165, 1.54) is 10.5 Å². The van der Waals surface area contributed by atoms with Crippen LogP contribution in [0.5, 0.6) is 0 Å². The highest BCUT2D eigenvalue weighted by atomic mass is 32.2. The minimum absolute atomic E-state index is 0.907. The Bertz CT molecular complexity index is 301. The number of nitrogen functional groups attached to an aromatic ring is 1. The molecule has 0 fully saturated rings. The van der Waals surface area contributed by atoms with E-state index in [9.17, 15) is 0 Å². The third-order valence-corrected chi connectivity index (χ3v) is 4.02. The Morgan fingerprint density at radius 2 is 1.94 bits per heavy atom. The average molecular weight is 238 g/mol. The average Bonchev–Trinajstić information content (AvgIpc) is 2.28. The van der Waals surface area contributed by atoms with Crippen molar-refractivity contribution in [2.75, 3.05) is 31.1 Å². The van der Waals surface area contributed by atoms with Gasteiger partial charge in [0.1, 0.15) is 0 Å². The van der Waals surface area contributed by atoms with Crippen LogP contribution in [0.4, 0.5) is 5.69 Å². The largest absolute Gasteiger partial charge is 0.398 e. The van der Waals surface area contributed by atoms with E-state index < -0.39 is 0 Å². The van der Waals surface area contributed by atoms with Crippen LogP contribution in [-0.4, -0.2) is 30.3 Å². The van der Waals surface area contributed by atoms with Crippen LogP contribution >= 0.6 is 11.8 Å². The highest BCUT2D eigenvalue weighted by Gasteiger charge is 2.04. The maximum Gasteiger partial charge on any atom is 0.0454 e. The van der Waals surface area contributed by atoms with Crippen molar-refractivity contribution < 1.29 is 0 Å². The molecule has 1 aromatic carbocycles. The Morgan fingerprint density at radius 1 is 1.25 bits per heavy atom. The second kappa shape index (κ2) is 6.81. The first kappa shape index (κ1) is 13.4. The highest BCUT2D eigenvalue weighted by molar-refractivity contribution is 7.99. The van der Waals surface area contributed by atoms with Gasteiger partial charge in [-0.15, -0.1) is 11.8 Å². The molecule has 0 unspecified atom stereocenters. The predicted molar refractivity (Wildman–Crippen MR) is 74.1 cm³/mol. The normalized spacial score (nSPS) is 11.0. The van der Waals surface area contributed by atoms with E-state index in [1.807, 2.05) is 23.9 Å². The lowest BCUT2D eigenvalue weighted by Crippen LogP contribution is -2.25. The van der Waals surface area contributed by atoms with Gasteiger partial charge in [-0.05, 0) is 31.6 Å². The molecule has 16 heavy (non-hydrogen) atoms. The zero-order chi connectivity index (χ0) is 12.0. The third kappa shape index (κ3) is 3.72. The smallest absolute Gasteiger partial charge is 0.0454 e. The summed E-state index contributed by atoms with van der Waals surface area (Å²) >= 11 is 1.87.